The summed E-state index contributed by atoms with van der Waals surface area (Å²) >= 11 is 0. The van der Waals surface area contributed by atoms with E-state index in [0.29, 0.717) is 40.7 Å². The first-order chi connectivity index (χ1) is 15.6. The largest absolute Gasteiger partial charge is 0.342 e. The predicted molar refractivity (Wildman–Crippen MR) is 139 cm³/mol. The highest BCUT2D eigenvalue weighted by atomic mass is 16.2. The van der Waals surface area contributed by atoms with E-state index in [2.05, 4.69) is 57.6 Å². The van der Waals surface area contributed by atoms with E-state index in [-0.39, 0.29) is 0 Å². The lowest BCUT2D eigenvalue weighted by atomic mass is 9.45. The van der Waals surface area contributed by atoms with Crippen LogP contribution in [0.2, 0.25) is 0 Å². The van der Waals surface area contributed by atoms with Crippen LogP contribution in [0.4, 0.5) is 0 Å². The summed E-state index contributed by atoms with van der Waals surface area (Å²) in [5, 5.41) is 3.62. The molecule has 0 aromatic rings. The zero-order valence-electron chi connectivity index (χ0n) is 22.4. The van der Waals surface area contributed by atoms with Gasteiger partial charge < -0.3 is 10.2 Å². The van der Waals surface area contributed by atoms with Gasteiger partial charge in [0, 0.05) is 25.6 Å². The van der Waals surface area contributed by atoms with Crippen LogP contribution >= 0.6 is 0 Å². The van der Waals surface area contributed by atoms with Gasteiger partial charge in [-0.3, -0.25) is 4.79 Å². The van der Waals surface area contributed by atoms with Crippen molar-refractivity contribution in [1.29, 1.82) is 0 Å². The molecular formula is C30H50N2O. The summed E-state index contributed by atoms with van der Waals surface area (Å²) in [6, 6.07) is 0.960. The van der Waals surface area contributed by atoms with Crippen molar-refractivity contribution in [2.45, 2.75) is 110 Å². The summed E-state index contributed by atoms with van der Waals surface area (Å²) in [6.07, 6.45) is 17.4. The first kappa shape index (κ1) is 25.0. The summed E-state index contributed by atoms with van der Waals surface area (Å²) < 4.78 is 0. The summed E-state index contributed by atoms with van der Waals surface area (Å²) in [5.74, 6) is 2.85. The average Bonchev–Trinajstić information content (AvgIpc) is 3.09. The summed E-state index contributed by atoms with van der Waals surface area (Å²) in [5.41, 5.74) is 2.88. The molecule has 3 fully saturated rings. The highest BCUT2D eigenvalue weighted by Crippen LogP contribution is 2.70. The third-order valence-electron chi connectivity index (χ3n) is 11.9. The Morgan fingerprint density at radius 3 is 2.64 bits per heavy atom. The summed E-state index contributed by atoms with van der Waals surface area (Å²) in [4.78, 5) is 14.8. The fourth-order valence-corrected chi connectivity index (χ4v) is 9.08. The molecule has 186 valence electrons. The molecule has 0 aromatic heterocycles. The van der Waals surface area contributed by atoms with E-state index in [1.165, 1.54) is 38.5 Å². The van der Waals surface area contributed by atoms with Gasteiger partial charge >= 0.3 is 0 Å². The third kappa shape index (κ3) is 3.85. The maximum atomic E-state index is 12.8. The van der Waals surface area contributed by atoms with Crippen LogP contribution < -0.4 is 5.32 Å². The first-order valence-electron chi connectivity index (χ1n) is 13.9. The zero-order chi connectivity index (χ0) is 24.0. The average molecular weight is 455 g/mol. The molecule has 3 heteroatoms. The molecule has 3 nitrogen and oxygen atoms in total. The van der Waals surface area contributed by atoms with Gasteiger partial charge in [0.25, 0.3) is 0 Å². The number of fused-ring (bicyclic) bond motifs is 5. The van der Waals surface area contributed by atoms with Gasteiger partial charge in [0.1, 0.15) is 0 Å². The van der Waals surface area contributed by atoms with Gasteiger partial charge in [-0.15, -0.1) is 6.58 Å². The number of rotatable bonds is 7. The lowest BCUT2D eigenvalue weighted by Crippen LogP contribution is -2.56. The number of carbonyl (C=O) groups is 1. The van der Waals surface area contributed by atoms with Crippen LogP contribution in [0.25, 0.3) is 0 Å². The molecule has 33 heavy (non-hydrogen) atoms. The van der Waals surface area contributed by atoms with Crippen LogP contribution in [-0.4, -0.2) is 37.0 Å². The van der Waals surface area contributed by atoms with Gasteiger partial charge in [-0.2, -0.15) is 0 Å². The van der Waals surface area contributed by atoms with E-state index in [1.807, 2.05) is 13.1 Å². The Morgan fingerprint density at radius 1 is 1.21 bits per heavy atom. The lowest BCUT2D eigenvalue weighted by molar-refractivity contribution is -0.133. The molecule has 1 N–H and O–H groups in total. The van der Waals surface area contributed by atoms with Crippen LogP contribution in [0.1, 0.15) is 98.3 Å². The minimum atomic E-state index is 0.317. The fraction of sp³-hybridized carbons (Fsp3) is 0.833. The van der Waals surface area contributed by atoms with E-state index < -0.39 is 0 Å². The van der Waals surface area contributed by atoms with Crippen LogP contribution in [0.5, 0.6) is 0 Å². The van der Waals surface area contributed by atoms with Crippen LogP contribution in [-0.2, 0) is 4.79 Å². The molecular weight excluding hydrogens is 404 g/mol. The zero-order valence-corrected chi connectivity index (χ0v) is 22.4. The minimum Gasteiger partial charge on any atom is -0.342 e. The monoisotopic (exact) mass is 454 g/mol. The number of amides is 1. The van der Waals surface area contributed by atoms with Crippen molar-refractivity contribution in [3.63, 3.8) is 0 Å². The quantitative estimate of drug-likeness (QED) is 0.341. The standard InChI is InChI=1S/C30H50N2O/c1-8-9-10-11-27(33)32(7)23-14-17-28(3)22(20-23)12-13-24-25(28)15-19-30(5)26(24)16-18-29(30,4)21(2)31-6/h8,12,21,23-26,31H,1,9-11,13-20H2,2-7H3/t21-,23?,24?,25?,26-,28?,29+,30+/m0/s1. The third-order valence-corrected chi connectivity index (χ3v) is 11.9. The van der Waals surface area contributed by atoms with Gasteiger partial charge in [-0.25, -0.2) is 0 Å². The van der Waals surface area contributed by atoms with E-state index in [9.17, 15) is 4.79 Å². The second-order valence-electron chi connectivity index (χ2n) is 12.8. The molecule has 0 saturated heterocycles. The Labute approximate surface area is 203 Å². The molecule has 0 aromatic carbocycles. The topological polar surface area (TPSA) is 32.3 Å². The molecule has 0 aliphatic heterocycles. The van der Waals surface area contributed by atoms with Crippen LogP contribution in [0.3, 0.4) is 0 Å². The molecule has 4 aliphatic carbocycles. The number of nitrogens with one attached hydrogen (secondary N) is 1. The number of hydrogen-bond donors (Lipinski definition) is 1. The lowest BCUT2D eigenvalue weighted by Gasteiger charge is -2.60. The molecule has 0 heterocycles. The number of unbranched alkanes of at least 4 members (excludes halogenated alkanes) is 1. The van der Waals surface area contributed by atoms with Crippen molar-refractivity contribution in [3.8, 4) is 0 Å². The number of hydrogen-bond acceptors (Lipinski definition) is 2. The highest BCUT2D eigenvalue weighted by Gasteiger charge is 2.63. The molecule has 3 saturated carbocycles. The molecule has 0 radical (unpaired) electrons. The van der Waals surface area contributed by atoms with Crippen molar-refractivity contribution in [2.24, 2.45) is 34.0 Å². The first-order valence-corrected chi connectivity index (χ1v) is 13.9. The van der Waals surface area contributed by atoms with Gasteiger partial charge in [-0.05, 0) is 112 Å². The van der Waals surface area contributed by atoms with Gasteiger partial charge in [0.15, 0.2) is 0 Å². The molecule has 4 aliphatic rings. The van der Waals surface area contributed by atoms with Gasteiger partial charge in [-0.1, -0.05) is 38.5 Å². The van der Waals surface area contributed by atoms with E-state index >= 15 is 0 Å². The Hall–Kier alpha value is -1.09. The normalized spacial score (nSPS) is 43.0. The Balaban J connectivity index is 1.50. The van der Waals surface area contributed by atoms with E-state index in [1.54, 1.807) is 5.57 Å². The molecule has 0 bridgehead atoms. The molecule has 1 amide bonds. The molecule has 0 spiro atoms. The van der Waals surface area contributed by atoms with Gasteiger partial charge in [0.05, 0.1) is 0 Å². The van der Waals surface area contributed by atoms with Crippen LogP contribution in [0.15, 0.2) is 24.3 Å². The molecule has 8 atom stereocenters. The SMILES string of the molecule is C=CCCCC(=O)N(C)C1CCC2(C)C(=CCC3C2CC[C@]2(C)[C@H]3CC[C@]2(C)[C@H](C)NC)C1. The van der Waals surface area contributed by atoms with Crippen molar-refractivity contribution >= 4 is 5.91 Å². The van der Waals surface area contributed by atoms with Crippen molar-refractivity contribution in [2.75, 3.05) is 14.1 Å². The predicted octanol–water partition coefficient (Wildman–Crippen LogP) is 6.75. The smallest absolute Gasteiger partial charge is 0.222 e. The Kier molecular flexibility index (Phi) is 6.95. The highest BCUT2D eigenvalue weighted by molar-refractivity contribution is 5.76. The second-order valence-corrected chi connectivity index (χ2v) is 12.8. The van der Waals surface area contributed by atoms with E-state index in [0.717, 1.165) is 43.4 Å². The molecule has 4 unspecified atom stereocenters. The van der Waals surface area contributed by atoms with Crippen molar-refractivity contribution in [3.05, 3.63) is 24.3 Å². The maximum absolute atomic E-state index is 12.8. The number of nitrogens with zero attached hydrogens (tertiary/aromatic N) is 1. The van der Waals surface area contributed by atoms with Crippen molar-refractivity contribution < 1.29 is 4.79 Å². The Morgan fingerprint density at radius 2 is 1.94 bits per heavy atom. The fourth-order valence-electron chi connectivity index (χ4n) is 9.08. The number of carbonyl (C=O) groups excluding carboxylic acids is 1. The summed E-state index contributed by atoms with van der Waals surface area (Å²) in [7, 11) is 4.19. The van der Waals surface area contributed by atoms with Crippen LogP contribution in [0, 0.1) is 34.0 Å². The van der Waals surface area contributed by atoms with Gasteiger partial charge in [0.2, 0.25) is 5.91 Å². The Bertz CT molecular complexity index is 788. The number of allylic oxidation sites excluding steroid dienone is 2. The minimum absolute atomic E-state index is 0.317. The van der Waals surface area contributed by atoms with E-state index in [4.69, 9.17) is 0 Å². The van der Waals surface area contributed by atoms with Crippen molar-refractivity contribution in [1.82, 2.24) is 10.2 Å². The summed E-state index contributed by atoms with van der Waals surface area (Å²) in [6.45, 7) is 14.0. The molecule has 4 rings (SSSR count). The maximum Gasteiger partial charge on any atom is 0.222 e. The second kappa shape index (κ2) is 9.17.